The van der Waals surface area contributed by atoms with Gasteiger partial charge in [-0.2, -0.15) is 0 Å². The van der Waals surface area contributed by atoms with Gasteiger partial charge in [0.05, 0.1) is 11.4 Å². The predicted molar refractivity (Wildman–Crippen MR) is 72.4 cm³/mol. The molecule has 1 aliphatic heterocycles. The van der Waals surface area contributed by atoms with Crippen LogP contribution in [0.3, 0.4) is 0 Å². The number of fused-ring (bicyclic) bond motifs is 1. The largest absolute Gasteiger partial charge is 0.324 e. The third kappa shape index (κ3) is 3.48. The molecule has 2 rings (SSSR count). The minimum atomic E-state index is 0.0865. The Kier molecular flexibility index (Phi) is 3.45. The van der Waals surface area contributed by atoms with Gasteiger partial charge in [-0.1, -0.05) is 6.07 Å². The van der Waals surface area contributed by atoms with Crippen LogP contribution in [0.1, 0.15) is 26.3 Å². The Hall–Kier alpha value is -1.000. The van der Waals surface area contributed by atoms with Crippen molar-refractivity contribution in [2.75, 3.05) is 11.1 Å². The summed E-state index contributed by atoms with van der Waals surface area (Å²) in [5, 5.41) is 6.35. The normalized spacial score (nSPS) is 15.4. The summed E-state index contributed by atoms with van der Waals surface area (Å²) >= 11 is 1.60. The van der Waals surface area contributed by atoms with Crippen LogP contribution < -0.4 is 10.6 Å². The average Bonchev–Trinajstić information content (AvgIpc) is 2.24. The second-order valence-corrected chi connectivity index (χ2v) is 6.29. The molecular formula is C13H18N2OS. The van der Waals surface area contributed by atoms with Gasteiger partial charge in [0.1, 0.15) is 0 Å². The Balaban J connectivity index is 2.10. The van der Waals surface area contributed by atoms with Crippen molar-refractivity contribution in [3.8, 4) is 0 Å². The van der Waals surface area contributed by atoms with Gasteiger partial charge in [0, 0.05) is 17.0 Å². The lowest BCUT2D eigenvalue weighted by Gasteiger charge is -2.22. The molecule has 0 aromatic heterocycles. The molecule has 0 aliphatic carbocycles. The molecule has 0 saturated heterocycles. The molecule has 0 unspecified atom stereocenters. The molecule has 0 radical (unpaired) electrons. The van der Waals surface area contributed by atoms with E-state index in [1.165, 1.54) is 5.56 Å². The molecule has 1 heterocycles. The number of benzene rings is 1. The quantitative estimate of drug-likeness (QED) is 0.847. The van der Waals surface area contributed by atoms with Crippen LogP contribution in [0.4, 0.5) is 5.69 Å². The summed E-state index contributed by atoms with van der Waals surface area (Å²) in [6.45, 7) is 7.24. The molecule has 1 amide bonds. The third-order valence-electron chi connectivity index (χ3n) is 2.50. The van der Waals surface area contributed by atoms with E-state index in [1.807, 2.05) is 0 Å². The van der Waals surface area contributed by atoms with E-state index in [9.17, 15) is 4.79 Å². The fourth-order valence-corrected chi connectivity index (χ4v) is 2.40. The summed E-state index contributed by atoms with van der Waals surface area (Å²) in [6, 6.07) is 6.25. The minimum absolute atomic E-state index is 0.0865. The summed E-state index contributed by atoms with van der Waals surface area (Å²) in [6.07, 6.45) is 0. The van der Waals surface area contributed by atoms with Gasteiger partial charge in [-0.05, 0) is 38.5 Å². The van der Waals surface area contributed by atoms with Crippen molar-refractivity contribution < 1.29 is 4.79 Å². The standard InChI is InChI=1S/C13H18N2OS/c1-13(2,3)14-7-9-4-5-11-10(6-9)15-12(16)8-17-11/h4-6,14H,7-8H2,1-3H3,(H,15,16). The topological polar surface area (TPSA) is 41.1 Å². The highest BCUT2D eigenvalue weighted by Crippen LogP contribution is 2.31. The molecule has 17 heavy (non-hydrogen) atoms. The van der Waals surface area contributed by atoms with Crippen LogP contribution in [0.15, 0.2) is 23.1 Å². The van der Waals surface area contributed by atoms with Gasteiger partial charge in [0.2, 0.25) is 5.91 Å². The summed E-state index contributed by atoms with van der Waals surface area (Å²) in [5.74, 6) is 0.607. The maximum absolute atomic E-state index is 11.3. The van der Waals surface area contributed by atoms with Crippen LogP contribution in [0, 0.1) is 0 Å². The number of carbonyl (C=O) groups excluding carboxylic acids is 1. The van der Waals surface area contributed by atoms with E-state index >= 15 is 0 Å². The second-order valence-electron chi connectivity index (χ2n) is 5.27. The van der Waals surface area contributed by atoms with Crippen molar-refractivity contribution in [3.63, 3.8) is 0 Å². The van der Waals surface area contributed by atoms with Crippen LogP contribution in [0.2, 0.25) is 0 Å². The van der Waals surface area contributed by atoms with Crippen LogP contribution in [0.5, 0.6) is 0 Å². The van der Waals surface area contributed by atoms with E-state index in [1.54, 1.807) is 11.8 Å². The molecule has 92 valence electrons. The van der Waals surface area contributed by atoms with Crippen molar-refractivity contribution >= 4 is 23.4 Å². The predicted octanol–water partition coefficient (Wildman–Crippen LogP) is 2.62. The minimum Gasteiger partial charge on any atom is -0.324 e. The van der Waals surface area contributed by atoms with Gasteiger partial charge in [-0.3, -0.25) is 4.79 Å². The molecular weight excluding hydrogens is 232 g/mol. The van der Waals surface area contributed by atoms with Crippen LogP contribution in [-0.2, 0) is 11.3 Å². The molecule has 0 bridgehead atoms. The second kappa shape index (κ2) is 4.70. The zero-order valence-electron chi connectivity index (χ0n) is 10.5. The average molecular weight is 250 g/mol. The molecule has 1 aromatic rings. The maximum atomic E-state index is 11.3. The van der Waals surface area contributed by atoms with Crippen molar-refractivity contribution in [3.05, 3.63) is 23.8 Å². The van der Waals surface area contributed by atoms with Gasteiger partial charge in [0.25, 0.3) is 0 Å². The molecule has 0 fully saturated rings. The fourth-order valence-electron chi connectivity index (χ4n) is 1.61. The molecule has 1 aliphatic rings. The highest BCUT2D eigenvalue weighted by atomic mass is 32.2. The molecule has 4 heteroatoms. The maximum Gasteiger partial charge on any atom is 0.234 e. The van der Waals surface area contributed by atoms with Crippen LogP contribution in [-0.4, -0.2) is 17.2 Å². The van der Waals surface area contributed by atoms with Gasteiger partial charge >= 0.3 is 0 Å². The van der Waals surface area contributed by atoms with E-state index in [2.05, 4.69) is 49.6 Å². The molecule has 2 N–H and O–H groups in total. The number of nitrogens with one attached hydrogen (secondary N) is 2. The Morgan fingerprint density at radius 2 is 2.18 bits per heavy atom. The van der Waals surface area contributed by atoms with Gasteiger partial charge in [0.15, 0.2) is 0 Å². The number of thioether (sulfide) groups is 1. The monoisotopic (exact) mass is 250 g/mol. The zero-order chi connectivity index (χ0) is 12.5. The van der Waals surface area contributed by atoms with E-state index in [4.69, 9.17) is 0 Å². The number of hydrogen-bond donors (Lipinski definition) is 2. The zero-order valence-corrected chi connectivity index (χ0v) is 11.3. The molecule has 0 spiro atoms. The van der Waals surface area contributed by atoms with Crippen molar-refractivity contribution in [1.29, 1.82) is 0 Å². The summed E-state index contributed by atoms with van der Waals surface area (Å²) in [5.41, 5.74) is 2.24. The van der Waals surface area contributed by atoms with Gasteiger partial charge < -0.3 is 10.6 Å². The Labute approximate surface area is 106 Å². The lowest BCUT2D eigenvalue weighted by atomic mass is 10.1. The first-order chi connectivity index (χ1) is 7.94. The molecule has 3 nitrogen and oxygen atoms in total. The van der Waals surface area contributed by atoms with Crippen molar-refractivity contribution in [1.82, 2.24) is 5.32 Å². The fraction of sp³-hybridized carbons (Fsp3) is 0.462. The van der Waals surface area contributed by atoms with Gasteiger partial charge in [-0.15, -0.1) is 11.8 Å². The lowest BCUT2D eigenvalue weighted by Crippen LogP contribution is -2.35. The Morgan fingerprint density at radius 3 is 2.88 bits per heavy atom. The summed E-state index contributed by atoms with van der Waals surface area (Å²) < 4.78 is 0. The first-order valence-electron chi connectivity index (χ1n) is 5.75. The Morgan fingerprint density at radius 1 is 1.41 bits per heavy atom. The highest BCUT2D eigenvalue weighted by Gasteiger charge is 2.16. The molecule has 1 aromatic carbocycles. The number of amides is 1. The van der Waals surface area contributed by atoms with Crippen molar-refractivity contribution in [2.45, 2.75) is 37.8 Å². The number of carbonyl (C=O) groups is 1. The lowest BCUT2D eigenvalue weighted by molar-refractivity contribution is -0.113. The SMILES string of the molecule is CC(C)(C)NCc1ccc2c(c1)NC(=O)CS2. The van der Waals surface area contributed by atoms with E-state index in [0.29, 0.717) is 5.75 Å². The molecule has 0 atom stereocenters. The summed E-state index contributed by atoms with van der Waals surface area (Å²) in [7, 11) is 0. The first-order valence-corrected chi connectivity index (χ1v) is 6.73. The molecule has 0 saturated carbocycles. The van der Waals surface area contributed by atoms with Crippen LogP contribution in [0.25, 0.3) is 0 Å². The number of rotatable bonds is 2. The highest BCUT2D eigenvalue weighted by molar-refractivity contribution is 8.00. The third-order valence-corrected chi connectivity index (χ3v) is 3.57. The summed E-state index contributed by atoms with van der Waals surface area (Å²) in [4.78, 5) is 12.5. The van der Waals surface area contributed by atoms with Gasteiger partial charge in [-0.25, -0.2) is 0 Å². The number of anilines is 1. The Bertz CT molecular complexity index is 438. The van der Waals surface area contributed by atoms with Crippen molar-refractivity contribution in [2.24, 2.45) is 0 Å². The first kappa shape index (κ1) is 12.5. The van der Waals surface area contributed by atoms with Crippen LogP contribution >= 0.6 is 11.8 Å². The smallest absolute Gasteiger partial charge is 0.234 e. The number of hydrogen-bond acceptors (Lipinski definition) is 3. The van der Waals surface area contributed by atoms with E-state index in [0.717, 1.165) is 17.1 Å². The van der Waals surface area contributed by atoms with E-state index in [-0.39, 0.29) is 11.4 Å². The van der Waals surface area contributed by atoms with E-state index < -0.39 is 0 Å².